The van der Waals surface area contributed by atoms with Gasteiger partial charge in [-0.05, 0) is 30.7 Å². The van der Waals surface area contributed by atoms with Gasteiger partial charge in [0.25, 0.3) is 0 Å². The third kappa shape index (κ3) is 2.15. The lowest BCUT2D eigenvalue weighted by molar-refractivity contribution is -0.131. The van der Waals surface area contributed by atoms with E-state index in [1.807, 2.05) is 18.2 Å². The molecule has 0 saturated heterocycles. The number of aliphatic carboxylic acids is 1. The van der Waals surface area contributed by atoms with Crippen LogP contribution in [0.15, 0.2) is 30.5 Å². The van der Waals surface area contributed by atoms with E-state index in [1.54, 1.807) is 20.2 Å². The lowest BCUT2D eigenvalue weighted by Gasteiger charge is -2.01. The number of benzene rings is 1. The van der Waals surface area contributed by atoms with Crippen molar-refractivity contribution in [1.29, 1.82) is 0 Å². The first-order chi connectivity index (χ1) is 8.11. The van der Waals surface area contributed by atoms with Gasteiger partial charge < -0.3 is 14.8 Å². The largest absolute Gasteiger partial charge is 0.497 e. The summed E-state index contributed by atoms with van der Waals surface area (Å²) >= 11 is 0. The van der Waals surface area contributed by atoms with Gasteiger partial charge in [-0.15, -0.1) is 0 Å². The van der Waals surface area contributed by atoms with Gasteiger partial charge in [0.05, 0.1) is 7.11 Å². The summed E-state index contributed by atoms with van der Waals surface area (Å²) in [5.41, 5.74) is 2.54. The van der Waals surface area contributed by atoms with E-state index in [0.29, 0.717) is 5.57 Å². The van der Waals surface area contributed by atoms with Crippen LogP contribution in [0.2, 0.25) is 0 Å². The number of carboxylic acids is 1. The zero-order valence-electron chi connectivity index (χ0n) is 9.65. The summed E-state index contributed by atoms with van der Waals surface area (Å²) in [4.78, 5) is 13.8. The second-order valence-corrected chi connectivity index (χ2v) is 3.78. The lowest BCUT2D eigenvalue weighted by Crippen LogP contribution is -1.89. The predicted octanol–water partition coefficient (Wildman–Crippen LogP) is 2.66. The van der Waals surface area contributed by atoms with Crippen molar-refractivity contribution in [1.82, 2.24) is 4.98 Å². The molecule has 0 aliphatic heterocycles. The molecule has 0 bridgehead atoms. The van der Waals surface area contributed by atoms with Crippen molar-refractivity contribution < 1.29 is 14.6 Å². The molecule has 0 saturated carbocycles. The number of H-pyrrole nitrogens is 1. The van der Waals surface area contributed by atoms with Gasteiger partial charge in [0.2, 0.25) is 0 Å². The number of carbonyl (C=O) groups is 1. The van der Waals surface area contributed by atoms with Crippen molar-refractivity contribution in [2.24, 2.45) is 0 Å². The first kappa shape index (κ1) is 11.3. The summed E-state index contributed by atoms with van der Waals surface area (Å²) < 4.78 is 5.16. The number of rotatable bonds is 3. The van der Waals surface area contributed by atoms with Crippen LogP contribution < -0.4 is 4.74 Å². The lowest BCUT2D eigenvalue weighted by atomic mass is 10.1. The summed E-state index contributed by atoms with van der Waals surface area (Å²) in [5.74, 6) is -0.193. The van der Waals surface area contributed by atoms with Gasteiger partial charge in [0.1, 0.15) is 5.75 Å². The molecule has 1 heterocycles. The van der Waals surface area contributed by atoms with E-state index in [4.69, 9.17) is 9.84 Å². The van der Waals surface area contributed by atoms with E-state index in [1.165, 1.54) is 6.08 Å². The molecular formula is C13H13NO3. The molecule has 4 heteroatoms. The number of carboxylic acid groups (broad SMARTS) is 1. The van der Waals surface area contributed by atoms with Crippen molar-refractivity contribution in [3.05, 3.63) is 36.0 Å². The van der Waals surface area contributed by atoms with Crippen LogP contribution in [0.1, 0.15) is 12.5 Å². The first-order valence-electron chi connectivity index (χ1n) is 5.18. The quantitative estimate of drug-likeness (QED) is 0.798. The highest BCUT2D eigenvalue weighted by molar-refractivity contribution is 5.98. The first-order valence-corrected chi connectivity index (χ1v) is 5.18. The van der Waals surface area contributed by atoms with E-state index in [9.17, 15) is 4.79 Å². The fourth-order valence-corrected chi connectivity index (χ4v) is 1.82. The number of hydrogen-bond donors (Lipinski definition) is 2. The van der Waals surface area contributed by atoms with E-state index in [-0.39, 0.29) is 0 Å². The van der Waals surface area contributed by atoms with Crippen LogP contribution in [0.3, 0.4) is 0 Å². The van der Waals surface area contributed by atoms with Gasteiger partial charge in [-0.3, -0.25) is 0 Å². The molecule has 0 aliphatic carbocycles. The van der Waals surface area contributed by atoms with Gasteiger partial charge in [0.15, 0.2) is 0 Å². The maximum Gasteiger partial charge on any atom is 0.328 e. The average Bonchev–Trinajstić information content (AvgIpc) is 2.70. The number of methoxy groups -OCH3 is 1. The Morgan fingerprint density at radius 2 is 2.24 bits per heavy atom. The molecule has 88 valence electrons. The molecule has 2 rings (SSSR count). The number of nitrogens with one attached hydrogen (secondary N) is 1. The zero-order valence-corrected chi connectivity index (χ0v) is 9.65. The molecule has 17 heavy (non-hydrogen) atoms. The van der Waals surface area contributed by atoms with E-state index in [2.05, 4.69) is 4.98 Å². The van der Waals surface area contributed by atoms with E-state index >= 15 is 0 Å². The highest BCUT2D eigenvalue weighted by Crippen LogP contribution is 2.27. The van der Waals surface area contributed by atoms with Gasteiger partial charge in [-0.2, -0.15) is 0 Å². The summed E-state index contributed by atoms with van der Waals surface area (Å²) in [6.07, 6.45) is 3.00. The molecule has 0 unspecified atom stereocenters. The molecule has 1 aromatic heterocycles. The van der Waals surface area contributed by atoms with Crippen LogP contribution >= 0.6 is 0 Å². The minimum Gasteiger partial charge on any atom is -0.497 e. The van der Waals surface area contributed by atoms with Crippen molar-refractivity contribution in [3.63, 3.8) is 0 Å². The number of aromatic nitrogens is 1. The maximum atomic E-state index is 10.7. The molecule has 2 aromatic rings. The third-order valence-corrected chi connectivity index (χ3v) is 2.65. The summed E-state index contributed by atoms with van der Waals surface area (Å²) in [7, 11) is 1.60. The monoisotopic (exact) mass is 231 g/mol. The van der Waals surface area contributed by atoms with Crippen LogP contribution in [-0.2, 0) is 4.79 Å². The SMILES string of the molecule is COc1ccc2[nH]cc(/C(C)=C/C(=O)O)c2c1. The number of aromatic amines is 1. The van der Waals surface area contributed by atoms with Crippen LogP contribution in [0.25, 0.3) is 16.5 Å². The fourth-order valence-electron chi connectivity index (χ4n) is 1.82. The van der Waals surface area contributed by atoms with Gasteiger partial charge in [-0.1, -0.05) is 0 Å². The molecule has 1 aromatic carbocycles. The van der Waals surface area contributed by atoms with Crippen LogP contribution in [0, 0.1) is 0 Å². The van der Waals surface area contributed by atoms with E-state index < -0.39 is 5.97 Å². The Labute approximate surface area is 98.5 Å². The van der Waals surface area contributed by atoms with Crippen LogP contribution in [0.5, 0.6) is 5.75 Å². The smallest absolute Gasteiger partial charge is 0.328 e. The standard InChI is InChI=1S/C13H13NO3/c1-8(5-13(15)16)11-7-14-12-4-3-9(17-2)6-10(11)12/h3-7,14H,1-2H3,(H,15,16)/b8-5+. The minimum atomic E-state index is -0.945. The molecule has 2 N–H and O–H groups in total. The zero-order chi connectivity index (χ0) is 12.4. The van der Waals surface area contributed by atoms with Gasteiger partial charge in [0, 0.05) is 28.7 Å². The second-order valence-electron chi connectivity index (χ2n) is 3.78. The molecular weight excluding hydrogens is 218 g/mol. The summed E-state index contributed by atoms with van der Waals surface area (Å²) in [6.45, 7) is 1.77. The molecule has 4 nitrogen and oxygen atoms in total. The summed E-state index contributed by atoms with van der Waals surface area (Å²) in [6, 6.07) is 5.66. The van der Waals surface area contributed by atoms with E-state index in [0.717, 1.165) is 22.2 Å². The highest BCUT2D eigenvalue weighted by atomic mass is 16.5. The average molecular weight is 231 g/mol. The highest BCUT2D eigenvalue weighted by Gasteiger charge is 2.07. The Morgan fingerprint density at radius 1 is 1.47 bits per heavy atom. The Kier molecular flexibility index (Phi) is 2.87. The van der Waals surface area contributed by atoms with Crippen LogP contribution in [-0.4, -0.2) is 23.2 Å². The Bertz CT molecular complexity index is 596. The fraction of sp³-hybridized carbons (Fsp3) is 0.154. The molecule has 0 radical (unpaired) electrons. The van der Waals surface area contributed by atoms with Crippen LogP contribution in [0.4, 0.5) is 0 Å². The number of hydrogen-bond acceptors (Lipinski definition) is 2. The minimum absolute atomic E-state index is 0.706. The number of allylic oxidation sites excluding steroid dienone is 1. The molecule has 0 spiro atoms. The van der Waals surface area contributed by atoms with Crippen molar-refractivity contribution in [2.75, 3.05) is 7.11 Å². The normalized spacial score (nSPS) is 11.8. The second kappa shape index (κ2) is 4.33. The molecule has 0 amide bonds. The Hall–Kier alpha value is -2.23. The van der Waals surface area contributed by atoms with Gasteiger partial charge in [-0.25, -0.2) is 4.79 Å². The number of ether oxygens (including phenoxy) is 1. The number of fused-ring (bicyclic) bond motifs is 1. The Balaban J connectivity index is 2.58. The Morgan fingerprint density at radius 3 is 2.88 bits per heavy atom. The van der Waals surface area contributed by atoms with Gasteiger partial charge >= 0.3 is 5.97 Å². The molecule has 0 aliphatic rings. The molecule has 0 atom stereocenters. The third-order valence-electron chi connectivity index (χ3n) is 2.65. The topological polar surface area (TPSA) is 62.3 Å². The maximum absolute atomic E-state index is 10.7. The van der Waals surface area contributed by atoms with Crippen molar-refractivity contribution >= 4 is 22.4 Å². The van der Waals surface area contributed by atoms with Crippen molar-refractivity contribution in [2.45, 2.75) is 6.92 Å². The molecule has 0 fully saturated rings. The summed E-state index contributed by atoms with van der Waals surface area (Å²) in [5, 5.41) is 9.70. The van der Waals surface area contributed by atoms with Crippen molar-refractivity contribution in [3.8, 4) is 5.75 Å². The predicted molar refractivity (Wildman–Crippen MR) is 66.1 cm³/mol.